The highest BCUT2D eigenvalue weighted by Gasteiger charge is 2.42. The van der Waals surface area contributed by atoms with E-state index >= 15 is 0 Å². The van der Waals surface area contributed by atoms with E-state index in [0.29, 0.717) is 47.8 Å². The van der Waals surface area contributed by atoms with Gasteiger partial charge >= 0.3 is 0 Å². The molecule has 32 heavy (non-hydrogen) atoms. The van der Waals surface area contributed by atoms with Gasteiger partial charge in [-0.15, -0.1) is 0 Å². The van der Waals surface area contributed by atoms with Crippen LogP contribution in [0.4, 0.5) is 0 Å². The van der Waals surface area contributed by atoms with Gasteiger partial charge in [-0.2, -0.15) is 0 Å². The van der Waals surface area contributed by atoms with Crippen LogP contribution in [0.25, 0.3) is 11.0 Å². The third-order valence-corrected chi connectivity index (χ3v) is 5.74. The minimum Gasteiger partial charge on any atom is -0.490 e. The zero-order chi connectivity index (χ0) is 23.0. The number of nitrogens with zero attached hydrogens (tertiary/aromatic N) is 1. The normalized spacial score (nSPS) is 15.3. The molecule has 0 bridgehead atoms. The molecule has 2 heterocycles. The Morgan fingerprint density at radius 3 is 2.38 bits per heavy atom. The molecule has 1 atom stereocenters. The number of benzene rings is 2. The van der Waals surface area contributed by atoms with Crippen LogP contribution >= 0.6 is 0 Å². The average Bonchev–Trinajstić information content (AvgIpc) is 3.03. The van der Waals surface area contributed by atoms with E-state index < -0.39 is 6.04 Å². The van der Waals surface area contributed by atoms with E-state index in [-0.39, 0.29) is 17.1 Å². The summed E-state index contributed by atoms with van der Waals surface area (Å²) in [5.41, 5.74) is 3.34. The lowest BCUT2D eigenvalue weighted by molar-refractivity contribution is 0.0728. The molecule has 1 aliphatic rings. The van der Waals surface area contributed by atoms with Crippen molar-refractivity contribution in [3.05, 3.63) is 68.6 Å². The zero-order valence-electron chi connectivity index (χ0n) is 19.3. The Hall–Kier alpha value is -3.28. The fourth-order valence-electron chi connectivity index (χ4n) is 4.53. The highest BCUT2D eigenvalue weighted by molar-refractivity contribution is 5.99. The van der Waals surface area contributed by atoms with Crippen molar-refractivity contribution in [2.75, 3.05) is 19.8 Å². The van der Waals surface area contributed by atoms with Gasteiger partial charge in [0.05, 0.1) is 30.2 Å². The summed E-state index contributed by atoms with van der Waals surface area (Å²) >= 11 is 0. The second-order valence-electron chi connectivity index (χ2n) is 8.11. The fourth-order valence-corrected chi connectivity index (χ4v) is 4.53. The number of ether oxygens (including phenoxy) is 2. The molecule has 4 rings (SSSR count). The van der Waals surface area contributed by atoms with Crippen LogP contribution in [0.1, 0.15) is 66.0 Å². The molecule has 0 N–H and O–H groups in total. The highest BCUT2D eigenvalue weighted by Crippen LogP contribution is 2.41. The molecule has 6 nitrogen and oxygen atoms in total. The van der Waals surface area contributed by atoms with E-state index in [2.05, 4.69) is 0 Å². The van der Waals surface area contributed by atoms with E-state index in [4.69, 9.17) is 13.9 Å². The topological polar surface area (TPSA) is 69.0 Å². The minimum atomic E-state index is -0.534. The summed E-state index contributed by atoms with van der Waals surface area (Å²) in [5.74, 6) is 1.12. The minimum absolute atomic E-state index is 0.139. The van der Waals surface area contributed by atoms with Crippen LogP contribution in [0.5, 0.6) is 11.5 Å². The monoisotopic (exact) mass is 435 g/mol. The molecule has 1 unspecified atom stereocenters. The molecule has 1 aliphatic heterocycles. The van der Waals surface area contributed by atoms with E-state index in [9.17, 15) is 9.59 Å². The smallest absolute Gasteiger partial charge is 0.290 e. The van der Waals surface area contributed by atoms with Gasteiger partial charge in [0, 0.05) is 6.54 Å². The van der Waals surface area contributed by atoms with Crippen LogP contribution in [-0.2, 0) is 0 Å². The van der Waals surface area contributed by atoms with Gasteiger partial charge < -0.3 is 18.8 Å². The molecule has 3 aromatic rings. The molecule has 1 aromatic heterocycles. The lowest BCUT2D eigenvalue weighted by Crippen LogP contribution is -2.30. The van der Waals surface area contributed by atoms with Gasteiger partial charge in [-0.3, -0.25) is 9.59 Å². The maximum atomic E-state index is 13.7. The molecule has 1 amide bonds. The van der Waals surface area contributed by atoms with Crippen LogP contribution in [0.15, 0.2) is 39.5 Å². The third kappa shape index (κ3) is 3.53. The zero-order valence-corrected chi connectivity index (χ0v) is 19.3. The number of fused-ring (bicyclic) bond motifs is 2. The van der Waals surface area contributed by atoms with Gasteiger partial charge in [0.2, 0.25) is 5.76 Å². The molecular formula is C26H29NO5. The van der Waals surface area contributed by atoms with E-state index in [1.165, 1.54) is 0 Å². The molecule has 2 aromatic carbocycles. The SMILES string of the molecule is CCCN1C(=O)c2oc3c(C)cc(C)cc3c(=O)c2C1c1ccc(OCC)c(OCC)c1. The van der Waals surface area contributed by atoms with Crippen LogP contribution in [0, 0.1) is 13.8 Å². The molecule has 0 spiro atoms. The second-order valence-corrected chi connectivity index (χ2v) is 8.11. The molecule has 0 aliphatic carbocycles. The Morgan fingerprint density at radius 1 is 0.969 bits per heavy atom. The van der Waals surface area contributed by atoms with Crippen LogP contribution in [0.2, 0.25) is 0 Å². The molecule has 0 saturated carbocycles. The van der Waals surface area contributed by atoms with E-state index in [1.807, 2.05) is 65.0 Å². The van der Waals surface area contributed by atoms with Crippen molar-refractivity contribution in [2.45, 2.75) is 47.1 Å². The number of aryl methyl sites for hydroxylation is 2. The first-order valence-corrected chi connectivity index (χ1v) is 11.2. The fraction of sp³-hybridized carbons (Fsp3) is 0.385. The quantitative estimate of drug-likeness (QED) is 0.513. The van der Waals surface area contributed by atoms with Crippen LogP contribution < -0.4 is 14.9 Å². The predicted molar refractivity (Wildman–Crippen MR) is 124 cm³/mol. The Bertz CT molecular complexity index is 1240. The first-order valence-electron chi connectivity index (χ1n) is 11.2. The molecule has 6 heteroatoms. The lowest BCUT2D eigenvalue weighted by Gasteiger charge is -2.25. The maximum absolute atomic E-state index is 13.7. The Balaban J connectivity index is 1.97. The number of carbonyl (C=O) groups excluding carboxylic acids is 1. The molecule has 0 fully saturated rings. The van der Waals surface area contributed by atoms with Gasteiger partial charge in [-0.25, -0.2) is 0 Å². The average molecular weight is 436 g/mol. The first-order chi connectivity index (χ1) is 15.4. The predicted octanol–water partition coefficient (Wildman–Crippen LogP) is 5.16. The summed E-state index contributed by atoms with van der Waals surface area (Å²) in [7, 11) is 0. The van der Waals surface area contributed by atoms with Gasteiger partial charge in [0.1, 0.15) is 5.58 Å². The Kier molecular flexibility index (Phi) is 5.96. The first kappa shape index (κ1) is 21.9. The highest BCUT2D eigenvalue weighted by atomic mass is 16.5. The van der Waals surface area contributed by atoms with Crippen molar-refractivity contribution >= 4 is 16.9 Å². The number of hydrogen-bond donors (Lipinski definition) is 0. The van der Waals surface area contributed by atoms with Crippen LogP contribution in [-0.4, -0.2) is 30.6 Å². The molecular weight excluding hydrogens is 406 g/mol. The summed E-state index contributed by atoms with van der Waals surface area (Å²) in [5, 5.41) is 0.508. The second kappa shape index (κ2) is 8.69. The van der Waals surface area contributed by atoms with Gasteiger partial charge in [-0.1, -0.05) is 19.1 Å². The number of carbonyl (C=O) groups is 1. The summed E-state index contributed by atoms with van der Waals surface area (Å²) < 4.78 is 17.6. The molecule has 168 valence electrons. The maximum Gasteiger partial charge on any atom is 0.290 e. The van der Waals surface area contributed by atoms with E-state index in [1.54, 1.807) is 4.90 Å². The lowest BCUT2D eigenvalue weighted by atomic mass is 9.97. The van der Waals surface area contributed by atoms with Gasteiger partial charge in [0.25, 0.3) is 5.91 Å². The van der Waals surface area contributed by atoms with Gasteiger partial charge in [-0.05, 0) is 69.0 Å². The van der Waals surface area contributed by atoms with Crippen LogP contribution in [0.3, 0.4) is 0 Å². The third-order valence-electron chi connectivity index (χ3n) is 5.74. The molecule has 0 radical (unpaired) electrons. The van der Waals surface area contributed by atoms with Crippen molar-refractivity contribution in [2.24, 2.45) is 0 Å². The Morgan fingerprint density at radius 2 is 1.69 bits per heavy atom. The molecule has 0 saturated heterocycles. The van der Waals surface area contributed by atoms with Crippen molar-refractivity contribution in [1.29, 1.82) is 0 Å². The standard InChI is InChI=1S/C26H29NO5/c1-6-11-27-22(17-9-10-19(30-7-2)20(14-17)31-8-3)21-23(28)18-13-15(4)12-16(5)24(18)32-25(21)26(27)29/h9-10,12-14,22H,6-8,11H2,1-5H3. The number of amides is 1. The van der Waals surface area contributed by atoms with Crippen molar-refractivity contribution in [3.8, 4) is 11.5 Å². The summed E-state index contributed by atoms with van der Waals surface area (Å²) in [6.45, 7) is 11.2. The van der Waals surface area contributed by atoms with Crippen molar-refractivity contribution in [3.63, 3.8) is 0 Å². The van der Waals surface area contributed by atoms with Crippen molar-refractivity contribution in [1.82, 2.24) is 4.90 Å². The summed E-state index contributed by atoms with van der Waals surface area (Å²) in [6, 6.07) is 8.87. The van der Waals surface area contributed by atoms with Crippen molar-refractivity contribution < 1.29 is 18.7 Å². The van der Waals surface area contributed by atoms with E-state index in [0.717, 1.165) is 23.1 Å². The van der Waals surface area contributed by atoms with Gasteiger partial charge in [0.15, 0.2) is 16.9 Å². The Labute approximate surface area is 187 Å². The summed E-state index contributed by atoms with van der Waals surface area (Å²) in [4.78, 5) is 28.8. The largest absolute Gasteiger partial charge is 0.490 e. The number of hydrogen-bond acceptors (Lipinski definition) is 5. The number of rotatable bonds is 7. The summed E-state index contributed by atoms with van der Waals surface area (Å²) in [6.07, 6.45) is 0.761.